The van der Waals surface area contributed by atoms with Crippen molar-refractivity contribution in [2.24, 2.45) is 0 Å². The molecule has 1 aliphatic heterocycles. The topological polar surface area (TPSA) is 52.7 Å². The van der Waals surface area contributed by atoms with E-state index >= 15 is 0 Å². The molecule has 0 aromatic heterocycles. The van der Waals surface area contributed by atoms with Crippen LogP contribution < -0.4 is 9.62 Å². The van der Waals surface area contributed by atoms with Gasteiger partial charge in [0.25, 0.3) is 0 Å². The van der Waals surface area contributed by atoms with E-state index in [9.17, 15) is 8.42 Å². The SMILES string of the molecule is CCCCS(=O)(=O)NCc1ccc(N2CCN(C)CC2)cc1. The average molecular weight is 325 g/mol. The van der Waals surface area contributed by atoms with Crippen molar-refractivity contribution >= 4 is 15.7 Å². The van der Waals surface area contributed by atoms with Gasteiger partial charge in [-0.25, -0.2) is 13.1 Å². The van der Waals surface area contributed by atoms with Gasteiger partial charge in [-0.1, -0.05) is 25.5 Å². The fourth-order valence-electron chi connectivity index (χ4n) is 2.49. The molecule has 0 amide bonds. The van der Waals surface area contributed by atoms with Crippen LogP contribution in [0.1, 0.15) is 25.3 Å². The highest BCUT2D eigenvalue weighted by Gasteiger charge is 2.14. The van der Waals surface area contributed by atoms with E-state index in [2.05, 4.69) is 33.7 Å². The lowest BCUT2D eigenvalue weighted by Gasteiger charge is -2.34. The van der Waals surface area contributed by atoms with Crippen molar-refractivity contribution in [2.75, 3.05) is 43.9 Å². The summed E-state index contributed by atoms with van der Waals surface area (Å²) in [6, 6.07) is 8.19. The van der Waals surface area contributed by atoms with Crippen LogP contribution in [0.15, 0.2) is 24.3 Å². The molecule has 1 saturated heterocycles. The molecule has 1 aromatic carbocycles. The van der Waals surface area contributed by atoms with E-state index in [-0.39, 0.29) is 5.75 Å². The first kappa shape index (κ1) is 17.2. The lowest BCUT2D eigenvalue weighted by atomic mass is 10.2. The Kier molecular flexibility index (Phi) is 6.23. The van der Waals surface area contributed by atoms with Gasteiger partial charge in [-0.2, -0.15) is 0 Å². The largest absolute Gasteiger partial charge is 0.369 e. The Bertz CT molecular complexity index is 549. The van der Waals surface area contributed by atoms with Crippen LogP contribution in [0, 0.1) is 0 Å². The van der Waals surface area contributed by atoms with Crippen LogP contribution in [0.25, 0.3) is 0 Å². The Morgan fingerprint density at radius 2 is 1.73 bits per heavy atom. The fourth-order valence-corrected chi connectivity index (χ4v) is 3.69. The number of anilines is 1. The summed E-state index contributed by atoms with van der Waals surface area (Å²) < 4.78 is 26.2. The van der Waals surface area contributed by atoms with Crippen molar-refractivity contribution in [3.8, 4) is 0 Å². The minimum absolute atomic E-state index is 0.211. The molecule has 0 spiro atoms. The Labute approximate surface area is 134 Å². The molecule has 1 aliphatic rings. The first-order valence-corrected chi connectivity index (χ1v) is 9.65. The second-order valence-electron chi connectivity index (χ2n) is 5.95. The quantitative estimate of drug-likeness (QED) is 0.828. The molecular weight excluding hydrogens is 298 g/mol. The molecule has 0 bridgehead atoms. The zero-order valence-electron chi connectivity index (χ0n) is 13.6. The van der Waals surface area contributed by atoms with Gasteiger partial charge < -0.3 is 9.80 Å². The van der Waals surface area contributed by atoms with Crippen LogP contribution in [-0.4, -0.2) is 52.3 Å². The van der Waals surface area contributed by atoms with Crippen LogP contribution in [0.3, 0.4) is 0 Å². The highest BCUT2D eigenvalue weighted by Crippen LogP contribution is 2.17. The predicted octanol–water partition coefficient (Wildman–Crippen LogP) is 1.66. The third-order valence-corrected chi connectivity index (χ3v) is 5.48. The first-order valence-electron chi connectivity index (χ1n) is 8.00. The molecule has 0 aliphatic carbocycles. The lowest BCUT2D eigenvalue weighted by molar-refractivity contribution is 0.313. The second kappa shape index (κ2) is 7.94. The molecular formula is C16H27N3O2S. The van der Waals surface area contributed by atoms with E-state index in [1.165, 1.54) is 5.69 Å². The van der Waals surface area contributed by atoms with E-state index in [0.29, 0.717) is 13.0 Å². The number of nitrogens with one attached hydrogen (secondary N) is 1. The molecule has 2 rings (SSSR count). The van der Waals surface area contributed by atoms with Gasteiger partial charge in [0.05, 0.1) is 5.75 Å². The van der Waals surface area contributed by atoms with Crippen molar-refractivity contribution in [3.05, 3.63) is 29.8 Å². The number of piperazine rings is 1. The maximum Gasteiger partial charge on any atom is 0.211 e. The number of likely N-dealkylation sites (N-methyl/N-ethyl adjacent to an activating group) is 1. The summed E-state index contributed by atoms with van der Waals surface area (Å²) in [6.07, 6.45) is 1.60. The predicted molar refractivity (Wildman–Crippen MR) is 91.7 cm³/mol. The van der Waals surface area contributed by atoms with Gasteiger partial charge in [0.2, 0.25) is 10.0 Å². The van der Waals surface area contributed by atoms with Gasteiger partial charge in [0.1, 0.15) is 0 Å². The van der Waals surface area contributed by atoms with Gasteiger partial charge in [0.15, 0.2) is 0 Å². The number of sulfonamides is 1. The van der Waals surface area contributed by atoms with E-state index in [1.54, 1.807) is 0 Å². The number of hydrogen-bond donors (Lipinski definition) is 1. The summed E-state index contributed by atoms with van der Waals surface area (Å²) in [5.41, 5.74) is 2.21. The first-order chi connectivity index (χ1) is 10.5. The number of nitrogens with zero attached hydrogens (tertiary/aromatic N) is 2. The van der Waals surface area contributed by atoms with Crippen molar-refractivity contribution < 1.29 is 8.42 Å². The summed E-state index contributed by atoms with van der Waals surface area (Å²) in [4.78, 5) is 4.70. The average Bonchev–Trinajstić information content (AvgIpc) is 2.52. The molecule has 0 radical (unpaired) electrons. The van der Waals surface area contributed by atoms with Crippen molar-refractivity contribution in [2.45, 2.75) is 26.3 Å². The molecule has 0 atom stereocenters. The number of benzene rings is 1. The van der Waals surface area contributed by atoms with Gasteiger partial charge in [-0.15, -0.1) is 0 Å². The van der Waals surface area contributed by atoms with Crippen molar-refractivity contribution in [1.82, 2.24) is 9.62 Å². The highest BCUT2D eigenvalue weighted by atomic mass is 32.2. The third kappa shape index (κ3) is 5.26. The van der Waals surface area contributed by atoms with Crippen LogP contribution in [0.5, 0.6) is 0 Å². The van der Waals surface area contributed by atoms with Crippen LogP contribution in [0.2, 0.25) is 0 Å². The zero-order valence-corrected chi connectivity index (χ0v) is 14.4. The second-order valence-corrected chi connectivity index (χ2v) is 7.88. The van der Waals surface area contributed by atoms with Gasteiger partial charge in [0, 0.05) is 38.4 Å². The number of rotatable bonds is 7. The van der Waals surface area contributed by atoms with Crippen molar-refractivity contribution in [1.29, 1.82) is 0 Å². The van der Waals surface area contributed by atoms with Crippen molar-refractivity contribution in [3.63, 3.8) is 0 Å². The Morgan fingerprint density at radius 3 is 2.32 bits per heavy atom. The highest BCUT2D eigenvalue weighted by molar-refractivity contribution is 7.89. The maximum absolute atomic E-state index is 11.8. The molecule has 1 fully saturated rings. The monoisotopic (exact) mass is 325 g/mol. The summed E-state index contributed by atoms with van der Waals surface area (Å²) in [7, 11) is -1.00. The van der Waals surface area contributed by atoms with Crippen LogP contribution >= 0.6 is 0 Å². The van der Waals surface area contributed by atoms with E-state index < -0.39 is 10.0 Å². The Morgan fingerprint density at radius 1 is 1.09 bits per heavy atom. The summed E-state index contributed by atoms with van der Waals surface area (Å²) in [5, 5.41) is 0. The number of hydrogen-bond acceptors (Lipinski definition) is 4. The molecule has 5 nitrogen and oxygen atoms in total. The van der Waals surface area contributed by atoms with Gasteiger partial charge >= 0.3 is 0 Å². The Balaban J connectivity index is 1.87. The molecule has 124 valence electrons. The van der Waals surface area contributed by atoms with E-state index in [4.69, 9.17) is 0 Å². The zero-order chi connectivity index (χ0) is 16.0. The van der Waals surface area contributed by atoms with Crippen LogP contribution in [-0.2, 0) is 16.6 Å². The van der Waals surface area contributed by atoms with Crippen LogP contribution in [0.4, 0.5) is 5.69 Å². The summed E-state index contributed by atoms with van der Waals surface area (Å²) >= 11 is 0. The molecule has 0 unspecified atom stereocenters. The Hall–Kier alpha value is -1.11. The molecule has 22 heavy (non-hydrogen) atoms. The van der Waals surface area contributed by atoms with E-state index in [0.717, 1.165) is 38.2 Å². The number of unbranched alkanes of at least 4 members (excludes halogenated alkanes) is 1. The molecule has 6 heteroatoms. The standard InChI is InChI=1S/C16H27N3O2S/c1-3-4-13-22(20,21)17-14-15-5-7-16(8-6-15)19-11-9-18(2)10-12-19/h5-8,17H,3-4,9-14H2,1-2H3. The van der Waals surface area contributed by atoms with E-state index in [1.807, 2.05) is 19.1 Å². The smallest absolute Gasteiger partial charge is 0.211 e. The molecule has 1 aromatic rings. The third-order valence-electron chi connectivity index (χ3n) is 4.07. The van der Waals surface area contributed by atoms with Gasteiger partial charge in [-0.05, 0) is 31.2 Å². The lowest BCUT2D eigenvalue weighted by Crippen LogP contribution is -2.44. The minimum Gasteiger partial charge on any atom is -0.369 e. The minimum atomic E-state index is -3.14. The fraction of sp³-hybridized carbons (Fsp3) is 0.625. The van der Waals surface area contributed by atoms with Gasteiger partial charge in [-0.3, -0.25) is 0 Å². The summed E-state index contributed by atoms with van der Waals surface area (Å²) in [5.74, 6) is 0.211. The summed E-state index contributed by atoms with van der Waals surface area (Å²) in [6.45, 7) is 6.61. The normalized spacial score (nSPS) is 16.9. The molecule has 1 heterocycles. The molecule has 1 N–H and O–H groups in total. The maximum atomic E-state index is 11.8. The molecule has 0 saturated carbocycles.